The molecule has 0 saturated carbocycles. The molecule has 0 unspecified atom stereocenters. The van der Waals surface area contributed by atoms with Gasteiger partial charge in [-0.2, -0.15) is 0 Å². The Balaban J connectivity index is 0. The monoisotopic (exact) mass is 454 g/mol. The number of hydrogen-bond donors (Lipinski definition) is 0. The Bertz CT molecular complexity index is 178. The van der Waals surface area contributed by atoms with E-state index in [1.54, 1.807) is 0 Å². The lowest BCUT2D eigenvalue weighted by Crippen LogP contribution is -3.00. The van der Waals surface area contributed by atoms with E-state index in [2.05, 4.69) is 35.2 Å². The number of hydrogen-bond acceptors (Lipinski definition) is 0. The van der Waals surface area contributed by atoms with E-state index < -0.39 is 0 Å². The molecule has 0 aromatic heterocycles. The molecule has 0 bridgehead atoms. The zero-order valence-electron chi connectivity index (χ0n) is 11.5. The fraction of sp³-hybridized carbons (Fsp3) is 1.00. The van der Waals surface area contributed by atoms with Crippen molar-refractivity contribution in [3.8, 4) is 0 Å². The molecule has 1 aliphatic rings. The van der Waals surface area contributed by atoms with E-state index in [-0.39, 0.29) is 48.0 Å². The average molecular weight is 454 g/mol. The molecule has 100 valence electrons. The van der Waals surface area contributed by atoms with Crippen molar-refractivity contribution in [1.29, 1.82) is 0 Å². The molecule has 1 heterocycles. The number of rotatable bonds is 3. The van der Waals surface area contributed by atoms with E-state index in [0.29, 0.717) is 0 Å². The zero-order valence-corrected chi connectivity index (χ0v) is 15.8. The normalized spacial score (nSPS) is 20.8. The third-order valence-electron chi connectivity index (χ3n) is 3.49. The molecule has 0 N–H and O–H groups in total. The first-order valence-corrected chi connectivity index (χ1v) is 5.91. The Labute approximate surface area is 136 Å². The van der Waals surface area contributed by atoms with Crippen LogP contribution in [0.4, 0.5) is 0 Å². The molecule has 0 radical (unpaired) electrons. The first kappa shape index (κ1) is 19.7. The maximum Gasteiger partial charge on any atom is 0.0785 e. The van der Waals surface area contributed by atoms with E-state index in [4.69, 9.17) is 0 Å². The van der Waals surface area contributed by atoms with Crippen LogP contribution in [-0.4, -0.2) is 63.8 Å². The fourth-order valence-corrected chi connectivity index (χ4v) is 2.18. The van der Waals surface area contributed by atoms with Crippen molar-refractivity contribution in [1.82, 2.24) is 0 Å². The summed E-state index contributed by atoms with van der Waals surface area (Å²) in [5.41, 5.74) is 0. The number of piperidine rings is 1. The fourth-order valence-electron chi connectivity index (χ4n) is 2.18. The minimum atomic E-state index is 0. The summed E-state index contributed by atoms with van der Waals surface area (Å²) in [5.74, 6) is 0.999. The minimum absolute atomic E-state index is 0. The van der Waals surface area contributed by atoms with Crippen molar-refractivity contribution in [2.75, 3.05) is 54.9 Å². The molecular formula is C12H28I2N2. The zero-order chi connectivity index (χ0) is 10.8. The lowest BCUT2D eigenvalue weighted by Gasteiger charge is -2.37. The molecule has 0 spiro atoms. The highest BCUT2D eigenvalue weighted by Crippen LogP contribution is 2.23. The van der Waals surface area contributed by atoms with E-state index >= 15 is 0 Å². The third-order valence-corrected chi connectivity index (χ3v) is 3.49. The maximum atomic E-state index is 2.36. The van der Waals surface area contributed by atoms with Gasteiger partial charge in [-0.25, -0.2) is 0 Å². The second kappa shape index (κ2) is 7.74. The van der Waals surface area contributed by atoms with Gasteiger partial charge in [0.2, 0.25) is 0 Å². The van der Waals surface area contributed by atoms with Crippen molar-refractivity contribution < 1.29 is 56.9 Å². The van der Waals surface area contributed by atoms with Crippen LogP contribution < -0.4 is 48.0 Å². The van der Waals surface area contributed by atoms with Gasteiger partial charge in [0.05, 0.1) is 54.9 Å². The van der Waals surface area contributed by atoms with E-state index in [1.165, 1.54) is 43.4 Å². The average Bonchev–Trinajstić information content (AvgIpc) is 2.01. The summed E-state index contributed by atoms with van der Waals surface area (Å²) >= 11 is 0. The number of nitrogens with zero attached hydrogens (tertiary/aromatic N) is 2. The van der Waals surface area contributed by atoms with Crippen LogP contribution in [0.15, 0.2) is 0 Å². The van der Waals surface area contributed by atoms with Crippen LogP contribution in [0.2, 0.25) is 0 Å². The second-order valence-corrected chi connectivity index (χ2v) is 6.63. The summed E-state index contributed by atoms with van der Waals surface area (Å²) in [6.07, 6.45) is 4.30. The molecule has 0 aliphatic carbocycles. The van der Waals surface area contributed by atoms with Gasteiger partial charge in [-0.3, -0.25) is 0 Å². The van der Waals surface area contributed by atoms with Crippen molar-refractivity contribution in [3.05, 3.63) is 0 Å². The predicted octanol–water partition coefficient (Wildman–Crippen LogP) is -4.42. The van der Waals surface area contributed by atoms with Crippen LogP contribution in [-0.2, 0) is 0 Å². The van der Waals surface area contributed by atoms with Gasteiger partial charge in [0.15, 0.2) is 0 Å². The molecule has 2 nitrogen and oxygen atoms in total. The molecule has 0 aromatic carbocycles. The Hall–Kier alpha value is 1.38. The highest BCUT2D eigenvalue weighted by atomic mass is 127. The minimum Gasteiger partial charge on any atom is -1.00 e. The standard InChI is InChI=1S/C12H28N2.2HI/c1-13(2,3)9-6-12-7-10-14(4,5)11-8-12;;/h12H,6-11H2,1-5H3;2*1H/q+2;;/p-2. The number of likely N-dealkylation sites (tertiary alicyclic amines) is 1. The van der Waals surface area contributed by atoms with Gasteiger partial charge in [0.25, 0.3) is 0 Å². The molecule has 0 aromatic rings. The van der Waals surface area contributed by atoms with Crippen molar-refractivity contribution in [2.24, 2.45) is 5.92 Å². The lowest BCUT2D eigenvalue weighted by atomic mass is 9.92. The summed E-state index contributed by atoms with van der Waals surface area (Å²) in [6.45, 7) is 4.09. The molecule has 16 heavy (non-hydrogen) atoms. The highest BCUT2D eigenvalue weighted by Gasteiger charge is 2.26. The first-order chi connectivity index (χ1) is 6.29. The predicted molar refractivity (Wildman–Crippen MR) is 62.1 cm³/mol. The van der Waals surface area contributed by atoms with Crippen molar-refractivity contribution in [3.63, 3.8) is 0 Å². The maximum absolute atomic E-state index is 2.36. The Morgan fingerprint density at radius 3 is 1.81 bits per heavy atom. The summed E-state index contributed by atoms with van der Waals surface area (Å²) < 4.78 is 2.36. The van der Waals surface area contributed by atoms with Gasteiger partial charge in [-0.1, -0.05) is 0 Å². The van der Waals surface area contributed by atoms with Crippen molar-refractivity contribution >= 4 is 0 Å². The van der Waals surface area contributed by atoms with Gasteiger partial charge in [0.1, 0.15) is 0 Å². The van der Waals surface area contributed by atoms with Gasteiger partial charge in [-0.05, 0) is 25.2 Å². The Morgan fingerprint density at radius 1 is 1.00 bits per heavy atom. The van der Waals surface area contributed by atoms with Crippen LogP contribution in [0.25, 0.3) is 0 Å². The Kier molecular flexibility index (Phi) is 9.53. The van der Waals surface area contributed by atoms with Crippen LogP contribution in [0.5, 0.6) is 0 Å². The number of quaternary nitrogens is 2. The van der Waals surface area contributed by atoms with Gasteiger partial charge >= 0.3 is 0 Å². The van der Waals surface area contributed by atoms with Crippen LogP contribution >= 0.6 is 0 Å². The summed E-state index contributed by atoms with van der Waals surface area (Å²) in [6, 6.07) is 0. The lowest BCUT2D eigenvalue weighted by molar-refractivity contribution is -0.897. The number of halogens is 2. The molecule has 4 heteroatoms. The molecular weight excluding hydrogens is 426 g/mol. The summed E-state index contributed by atoms with van der Waals surface area (Å²) in [5, 5.41) is 0. The largest absolute Gasteiger partial charge is 1.00 e. The van der Waals surface area contributed by atoms with Crippen LogP contribution in [0.3, 0.4) is 0 Å². The van der Waals surface area contributed by atoms with E-state index in [0.717, 1.165) is 10.4 Å². The summed E-state index contributed by atoms with van der Waals surface area (Å²) in [4.78, 5) is 0. The molecule has 0 amide bonds. The molecule has 1 aliphatic heterocycles. The van der Waals surface area contributed by atoms with Gasteiger partial charge in [-0.15, -0.1) is 0 Å². The molecule has 1 saturated heterocycles. The third kappa shape index (κ3) is 8.47. The smallest absolute Gasteiger partial charge is 0.0785 e. The molecule has 1 fully saturated rings. The van der Waals surface area contributed by atoms with Gasteiger partial charge < -0.3 is 56.9 Å². The molecule has 0 atom stereocenters. The van der Waals surface area contributed by atoms with Gasteiger partial charge in [0, 0.05) is 0 Å². The topological polar surface area (TPSA) is 0 Å². The van der Waals surface area contributed by atoms with E-state index in [9.17, 15) is 0 Å². The van der Waals surface area contributed by atoms with E-state index in [1.807, 2.05) is 0 Å². The highest BCUT2D eigenvalue weighted by molar-refractivity contribution is 4.63. The second-order valence-electron chi connectivity index (χ2n) is 6.63. The summed E-state index contributed by atoms with van der Waals surface area (Å²) in [7, 11) is 11.6. The van der Waals surface area contributed by atoms with Crippen LogP contribution in [0, 0.1) is 5.92 Å². The quantitative estimate of drug-likeness (QED) is 0.299. The first-order valence-electron chi connectivity index (χ1n) is 5.91. The van der Waals surface area contributed by atoms with Crippen molar-refractivity contribution in [2.45, 2.75) is 19.3 Å². The Morgan fingerprint density at radius 2 is 1.44 bits per heavy atom. The van der Waals surface area contributed by atoms with Crippen LogP contribution in [0.1, 0.15) is 19.3 Å². The SMILES string of the molecule is C[N+](C)(C)CCC1CC[N+](C)(C)CC1.[I-].[I-]. The molecule has 1 rings (SSSR count).